The van der Waals surface area contributed by atoms with Gasteiger partial charge in [0.15, 0.2) is 0 Å². The van der Waals surface area contributed by atoms with E-state index < -0.39 is 6.10 Å². The third kappa shape index (κ3) is 1.99. The number of aliphatic hydroxyl groups is 1. The number of aliphatic hydroxyl groups excluding tert-OH is 1. The second kappa shape index (κ2) is 4.65. The van der Waals surface area contributed by atoms with Gasteiger partial charge in [-0.15, -0.1) is 0 Å². The van der Waals surface area contributed by atoms with E-state index in [9.17, 15) is 5.11 Å². The molecule has 3 rings (SSSR count). The summed E-state index contributed by atoms with van der Waals surface area (Å²) in [7, 11) is 0. The monoisotopic (exact) mass is 251 g/mol. The van der Waals surface area contributed by atoms with E-state index in [2.05, 4.69) is 30.3 Å². The lowest BCUT2D eigenvalue weighted by Crippen LogP contribution is -2.23. The molecule has 0 aliphatic rings. The van der Waals surface area contributed by atoms with E-state index in [0.29, 0.717) is 0 Å². The van der Waals surface area contributed by atoms with Gasteiger partial charge < -0.3 is 10.8 Å². The first-order valence-electron chi connectivity index (χ1n) is 6.52. The zero-order chi connectivity index (χ0) is 13.4. The number of fused-ring (bicyclic) bond motifs is 2. The Labute approximate surface area is 112 Å². The predicted octanol–water partition coefficient (Wildman–Crippen LogP) is 3.37. The summed E-state index contributed by atoms with van der Waals surface area (Å²) in [6.45, 7) is 1.74. The summed E-state index contributed by atoms with van der Waals surface area (Å²) in [4.78, 5) is 0. The number of nitrogens with two attached hydrogens (primary N) is 1. The molecule has 0 saturated carbocycles. The molecule has 0 radical (unpaired) electrons. The molecule has 2 heteroatoms. The lowest BCUT2D eigenvalue weighted by Gasteiger charge is -2.20. The summed E-state index contributed by atoms with van der Waals surface area (Å²) in [6, 6.07) is 18.2. The molecule has 0 aromatic heterocycles. The standard InChI is InChI=1S/C17H17NO/c1-11(19)17(18)16-14-8-4-2-6-12(14)10-13-7-3-5-9-15(13)16/h2-11,17,19H,18H2,1H3/t11-,17-/m1/s1. The van der Waals surface area contributed by atoms with Crippen LogP contribution in [0.1, 0.15) is 18.5 Å². The normalized spacial score (nSPS) is 14.7. The zero-order valence-corrected chi connectivity index (χ0v) is 10.9. The summed E-state index contributed by atoms with van der Waals surface area (Å²) < 4.78 is 0. The van der Waals surface area contributed by atoms with Gasteiger partial charge in [-0.1, -0.05) is 48.5 Å². The minimum absolute atomic E-state index is 0.379. The van der Waals surface area contributed by atoms with Crippen LogP contribution in [0.5, 0.6) is 0 Å². The Morgan fingerprint density at radius 3 is 1.84 bits per heavy atom. The highest BCUT2D eigenvalue weighted by molar-refractivity contribution is 6.02. The molecule has 0 bridgehead atoms. The van der Waals surface area contributed by atoms with Crippen molar-refractivity contribution in [2.75, 3.05) is 0 Å². The number of benzene rings is 3. The fraction of sp³-hybridized carbons (Fsp3) is 0.176. The average molecular weight is 251 g/mol. The van der Waals surface area contributed by atoms with Gasteiger partial charge in [0.2, 0.25) is 0 Å². The first-order valence-corrected chi connectivity index (χ1v) is 6.52. The first-order chi connectivity index (χ1) is 9.18. The van der Waals surface area contributed by atoms with Gasteiger partial charge in [0.1, 0.15) is 0 Å². The van der Waals surface area contributed by atoms with Crippen molar-refractivity contribution in [2.24, 2.45) is 5.73 Å². The predicted molar refractivity (Wildman–Crippen MR) is 80.1 cm³/mol. The van der Waals surface area contributed by atoms with Crippen molar-refractivity contribution in [3.63, 3.8) is 0 Å². The molecule has 2 atom stereocenters. The van der Waals surface area contributed by atoms with Crippen molar-refractivity contribution in [1.82, 2.24) is 0 Å². The summed E-state index contributed by atoms with van der Waals surface area (Å²) >= 11 is 0. The molecule has 0 fully saturated rings. The summed E-state index contributed by atoms with van der Waals surface area (Å²) in [5.41, 5.74) is 7.25. The minimum atomic E-state index is -0.575. The van der Waals surface area contributed by atoms with Gasteiger partial charge >= 0.3 is 0 Å². The van der Waals surface area contributed by atoms with Crippen LogP contribution in [-0.2, 0) is 0 Å². The molecular formula is C17H17NO. The topological polar surface area (TPSA) is 46.2 Å². The van der Waals surface area contributed by atoms with Crippen molar-refractivity contribution >= 4 is 21.5 Å². The van der Waals surface area contributed by atoms with E-state index >= 15 is 0 Å². The van der Waals surface area contributed by atoms with Crippen LogP contribution < -0.4 is 5.73 Å². The van der Waals surface area contributed by atoms with Gasteiger partial charge in [0, 0.05) is 0 Å². The molecule has 0 heterocycles. The van der Waals surface area contributed by atoms with Crippen molar-refractivity contribution in [3.05, 3.63) is 60.2 Å². The van der Waals surface area contributed by atoms with Crippen LogP contribution in [0.25, 0.3) is 21.5 Å². The lowest BCUT2D eigenvalue weighted by atomic mass is 9.91. The molecule has 3 aromatic carbocycles. The highest BCUT2D eigenvalue weighted by atomic mass is 16.3. The first kappa shape index (κ1) is 12.2. The Morgan fingerprint density at radius 2 is 1.37 bits per heavy atom. The molecule has 3 N–H and O–H groups in total. The highest BCUT2D eigenvalue weighted by Gasteiger charge is 2.18. The Hall–Kier alpha value is -1.90. The van der Waals surface area contributed by atoms with Gasteiger partial charge in [0.25, 0.3) is 0 Å². The van der Waals surface area contributed by atoms with E-state index in [-0.39, 0.29) is 6.04 Å². The molecule has 0 unspecified atom stereocenters. The Morgan fingerprint density at radius 1 is 0.895 bits per heavy atom. The maximum absolute atomic E-state index is 9.87. The number of hydrogen-bond acceptors (Lipinski definition) is 2. The summed E-state index contributed by atoms with van der Waals surface area (Å²) in [6.07, 6.45) is -0.575. The van der Waals surface area contributed by atoms with Crippen molar-refractivity contribution < 1.29 is 5.11 Å². The molecule has 0 aliphatic carbocycles. The van der Waals surface area contributed by atoms with Crippen molar-refractivity contribution in [3.8, 4) is 0 Å². The highest BCUT2D eigenvalue weighted by Crippen LogP contribution is 2.32. The van der Waals surface area contributed by atoms with Gasteiger partial charge in [0.05, 0.1) is 12.1 Å². The van der Waals surface area contributed by atoms with E-state index in [1.807, 2.05) is 24.3 Å². The third-order valence-corrected chi connectivity index (χ3v) is 3.67. The van der Waals surface area contributed by atoms with E-state index in [1.165, 1.54) is 0 Å². The lowest BCUT2D eigenvalue weighted by molar-refractivity contribution is 0.165. The Bertz CT molecular complexity index is 679. The quantitative estimate of drug-likeness (QED) is 0.686. The molecule has 2 nitrogen and oxygen atoms in total. The fourth-order valence-electron chi connectivity index (χ4n) is 2.65. The molecule has 0 amide bonds. The maximum atomic E-state index is 9.87. The minimum Gasteiger partial charge on any atom is -0.391 e. The molecule has 3 aromatic rings. The van der Waals surface area contributed by atoms with Crippen LogP contribution in [-0.4, -0.2) is 11.2 Å². The molecule has 19 heavy (non-hydrogen) atoms. The smallest absolute Gasteiger partial charge is 0.0705 e. The van der Waals surface area contributed by atoms with Gasteiger partial charge in [-0.05, 0) is 40.1 Å². The number of rotatable bonds is 2. The largest absolute Gasteiger partial charge is 0.391 e. The van der Waals surface area contributed by atoms with Crippen LogP contribution in [0.4, 0.5) is 0 Å². The van der Waals surface area contributed by atoms with E-state index in [4.69, 9.17) is 5.73 Å². The average Bonchev–Trinajstić information content (AvgIpc) is 2.43. The third-order valence-electron chi connectivity index (χ3n) is 3.67. The molecule has 96 valence electrons. The molecular weight excluding hydrogens is 234 g/mol. The van der Waals surface area contributed by atoms with Crippen LogP contribution >= 0.6 is 0 Å². The fourth-order valence-corrected chi connectivity index (χ4v) is 2.65. The van der Waals surface area contributed by atoms with Gasteiger partial charge in [-0.3, -0.25) is 0 Å². The summed E-state index contributed by atoms with van der Waals surface area (Å²) in [5, 5.41) is 14.4. The van der Waals surface area contributed by atoms with Crippen LogP contribution in [0.15, 0.2) is 54.6 Å². The van der Waals surface area contributed by atoms with Crippen molar-refractivity contribution in [2.45, 2.75) is 19.1 Å². The maximum Gasteiger partial charge on any atom is 0.0705 e. The van der Waals surface area contributed by atoms with E-state index in [0.717, 1.165) is 27.1 Å². The van der Waals surface area contributed by atoms with Gasteiger partial charge in [-0.25, -0.2) is 0 Å². The zero-order valence-electron chi connectivity index (χ0n) is 10.9. The second-order valence-corrected chi connectivity index (χ2v) is 5.00. The number of hydrogen-bond donors (Lipinski definition) is 2. The molecule has 0 aliphatic heterocycles. The van der Waals surface area contributed by atoms with Crippen molar-refractivity contribution in [1.29, 1.82) is 0 Å². The SMILES string of the molecule is C[C@@H](O)[C@@H](N)c1c2ccccc2cc2ccccc12. The molecule has 0 spiro atoms. The van der Waals surface area contributed by atoms with Gasteiger partial charge in [-0.2, -0.15) is 0 Å². The Kier molecular flexibility index (Phi) is 2.97. The Balaban J connectivity index is 2.46. The second-order valence-electron chi connectivity index (χ2n) is 5.00. The van der Waals surface area contributed by atoms with Crippen LogP contribution in [0.2, 0.25) is 0 Å². The van der Waals surface area contributed by atoms with Crippen LogP contribution in [0.3, 0.4) is 0 Å². The van der Waals surface area contributed by atoms with Crippen LogP contribution in [0, 0.1) is 0 Å². The molecule has 0 saturated heterocycles. The van der Waals surface area contributed by atoms with E-state index in [1.54, 1.807) is 6.92 Å². The summed E-state index contributed by atoms with van der Waals surface area (Å²) in [5.74, 6) is 0.